The summed E-state index contributed by atoms with van der Waals surface area (Å²) >= 11 is 0. The fourth-order valence-electron chi connectivity index (χ4n) is 3.10. The first-order valence-corrected chi connectivity index (χ1v) is 9.43. The highest BCUT2D eigenvalue weighted by Crippen LogP contribution is 2.37. The Hall–Kier alpha value is -1.72. The second-order valence-corrected chi connectivity index (χ2v) is 7.25. The molecule has 1 saturated carbocycles. The van der Waals surface area contributed by atoms with Crippen molar-refractivity contribution in [1.29, 1.82) is 0 Å². The van der Waals surface area contributed by atoms with Gasteiger partial charge in [0, 0.05) is 18.6 Å². The number of hydrogen-bond acceptors (Lipinski definition) is 5. The van der Waals surface area contributed by atoms with E-state index in [-0.39, 0.29) is 5.60 Å². The zero-order chi connectivity index (χ0) is 17.1. The van der Waals surface area contributed by atoms with Gasteiger partial charge in [-0.3, -0.25) is 10.3 Å². The van der Waals surface area contributed by atoms with E-state index >= 15 is 0 Å². The van der Waals surface area contributed by atoms with E-state index in [1.165, 1.54) is 12.8 Å². The quantitative estimate of drug-likeness (QED) is 0.728. The average Bonchev–Trinajstić information content (AvgIpc) is 3.20. The highest BCUT2D eigenvalue weighted by atomic mass is 16.7. The first kappa shape index (κ1) is 16.7. The summed E-state index contributed by atoms with van der Waals surface area (Å²) in [5.74, 6) is 2.36. The third-order valence-corrected chi connectivity index (χ3v) is 4.97. The maximum Gasteiger partial charge on any atom is 0.161 e. The molecule has 0 aromatic heterocycles. The summed E-state index contributed by atoms with van der Waals surface area (Å²) < 4.78 is 17.5. The maximum absolute atomic E-state index is 6.06. The summed E-state index contributed by atoms with van der Waals surface area (Å²) in [4.78, 5) is 5.79. The van der Waals surface area contributed by atoms with Crippen LogP contribution in [-0.4, -0.2) is 32.0 Å². The molecule has 1 spiro atoms. The fourth-order valence-corrected chi connectivity index (χ4v) is 3.10. The molecule has 1 aromatic rings. The molecule has 1 atom stereocenters. The first-order chi connectivity index (χ1) is 12.3. The minimum absolute atomic E-state index is 0.319. The fraction of sp³-hybridized carbons (Fsp3) is 0.600. The molecule has 0 radical (unpaired) electrons. The van der Waals surface area contributed by atoms with Crippen molar-refractivity contribution < 1.29 is 19.0 Å². The predicted molar refractivity (Wildman–Crippen MR) is 95.4 cm³/mol. The van der Waals surface area contributed by atoms with Crippen molar-refractivity contribution in [2.45, 2.75) is 44.6 Å². The zero-order valence-corrected chi connectivity index (χ0v) is 14.9. The largest absolute Gasteiger partial charge is 0.490 e. The third-order valence-electron chi connectivity index (χ3n) is 4.97. The summed E-state index contributed by atoms with van der Waals surface area (Å²) in [6, 6.07) is 6.12. The molecule has 0 bridgehead atoms. The van der Waals surface area contributed by atoms with Crippen molar-refractivity contribution in [3.8, 4) is 11.5 Å². The van der Waals surface area contributed by atoms with E-state index in [0.29, 0.717) is 12.5 Å². The summed E-state index contributed by atoms with van der Waals surface area (Å²) in [5, 5.41) is 0. The molecular weight excluding hydrogens is 318 g/mol. The van der Waals surface area contributed by atoms with Gasteiger partial charge in [-0.1, -0.05) is 13.3 Å². The molecule has 5 nitrogen and oxygen atoms in total. The molecule has 25 heavy (non-hydrogen) atoms. The van der Waals surface area contributed by atoms with Crippen LogP contribution in [0.15, 0.2) is 24.3 Å². The lowest BCUT2D eigenvalue weighted by Gasteiger charge is -2.15. The van der Waals surface area contributed by atoms with Gasteiger partial charge in [0.15, 0.2) is 11.5 Å². The Morgan fingerprint density at radius 2 is 2.16 bits per heavy atom. The van der Waals surface area contributed by atoms with Crippen LogP contribution in [0.25, 0.3) is 5.70 Å². The van der Waals surface area contributed by atoms with E-state index in [9.17, 15) is 0 Å². The average molecular weight is 345 g/mol. The molecule has 1 unspecified atom stereocenters. The van der Waals surface area contributed by atoms with Gasteiger partial charge in [0.25, 0.3) is 0 Å². The van der Waals surface area contributed by atoms with Crippen molar-refractivity contribution in [3.63, 3.8) is 0 Å². The van der Waals surface area contributed by atoms with Gasteiger partial charge < -0.3 is 14.2 Å². The Kier molecular flexibility index (Phi) is 4.86. The monoisotopic (exact) mass is 345 g/mol. The van der Waals surface area contributed by atoms with Crippen LogP contribution < -0.4 is 15.0 Å². The smallest absolute Gasteiger partial charge is 0.161 e. The minimum Gasteiger partial charge on any atom is -0.490 e. The Morgan fingerprint density at radius 3 is 2.92 bits per heavy atom. The van der Waals surface area contributed by atoms with Crippen molar-refractivity contribution >= 4 is 5.70 Å². The van der Waals surface area contributed by atoms with Crippen LogP contribution in [0.4, 0.5) is 0 Å². The SMILES string of the molecule is CCCCOc1ccc(C2=CC3(CCOC3)ON2)cc1OCC1CC1. The van der Waals surface area contributed by atoms with Gasteiger partial charge in [0.05, 0.1) is 25.5 Å². The zero-order valence-electron chi connectivity index (χ0n) is 14.9. The lowest BCUT2D eigenvalue weighted by molar-refractivity contribution is -0.0373. The molecule has 2 aliphatic heterocycles. The third kappa shape index (κ3) is 3.93. The maximum atomic E-state index is 6.06. The van der Waals surface area contributed by atoms with Gasteiger partial charge in [-0.2, -0.15) is 0 Å². The second kappa shape index (κ2) is 7.26. The Balaban J connectivity index is 1.52. The highest BCUT2D eigenvalue weighted by molar-refractivity contribution is 5.68. The van der Waals surface area contributed by atoms with Crippen LogP contribution in [0.5, 0.6) is 11.5 Å². The van der Waals surface area contributed by atoms with Crippen molar-refractivity contribution in [2.75, 3.05) is 26.4 Å². The molecule has 1 aromatic carbocycles. The predicted octanol–water partition coefficient (Wildman–Crippen LogP) is 3.69. The molecule has 5 heteroatoms. The second-order valence-electron chi connectivity index (χ2n) is 7.25. The van der Waals surface area contributed by atoms with Crippen LogP contribution in [-0.2, 0) is 9.57 Å². The topological polar surface area (TPSA) is 49.0 Å². The van der Waals surface area contributed by atoms with E-state index in [1.807, 2.05) is 6.07 Å². The molecule has 2 fully saturated rings. The Morgan fingerprint density at radius 1 is 1.24 bits per heavy atom. The molecule has 136 valence electrons. The van der Waals surface area contributed by atoms with Gasteiger partial charge in [0.2, 0.25) is 0 Å². The van der Waals surface area contributed by atoms with Crippen LogP contribution in [0, 0.1) is 5.92 Å². The van der Waals surface area contributed by atoms with Crippen molar-refractivity contribution in [2.24, 2.45) is 5.92 Å². The Labute approximate surface area is 149 Å². The number of rotatable bonds is 8. The first-order valence-electron chi connectivity index (χ1n) is 9.43. The molecular formula is C20H27NO4. The van der Waals surface area contributed by atoms with Crippen LogP contribution in [0.1, 0.15) is 44.6 Å². The standard InChI is InChI=1S/C20H27NO4/c1-2-3-9-23-18-7-6-16(11-19(18)24-13-15-4-5-15)17-12-20(25-21-17)8-10-22-14-20/h6-7,11-12,15,21H,2-5,8-10,13-14H2,1H3. The van der Waals surface area contributed by atoms with Crippen LogP contribution in [0.2, 0.25) is 0 Å². The Bertz CT molecular complexity index is 633. The molecule has 3 aliphatic rings. The van der Waals surface area contributed by atoms with E-state index < -0.39 is 0 Å². The van der Waals surface area contributed by atoms with Gasteiger partial charge in [-0.15, -0.1) is 0 Å². The number of nitrogens with one attached hydrogen (secondary N) is 1. The molecule has 1 saturated heterocycles. The summed E-state index contributed by atoms with van der Waals surface area (Å²) in [6.07, 6.45) is 7.73. The van der Waals surface area contributed by atoms with Crippen LogP contribution in [0.3, 0.4) is 0 Å². The number of hydroxylamine groups is 1. The normalized spacial score (nSPS) is 25.1. The molecule has 4 rings (SSSR count). The molecule has 1 N–H and O–H groups in total. The van der Waals surface area contributed by atoms with Crippen molar-refractivity contribution in [3.05, 3.63) is 29.8 Å². The minimum atomic E-state index is -0.319. The van der Waals surface area contributed by atoms with Gasteiger partial charge in [0.1, 0.15) is 5.60 Å². The lowest BCUT2D eigenvalue weighted by Crippen LogP contribution is -2.29. The highest BCUT2D eigenvalue weighted by Gasteiger charge is 2.39. The summed E-state index contributed by atoms with van der Waals surface area (Å²) in [5.41, 5.74) is 4.77. The summed E-state index contributed by atoms with van der Waals surface area (Å²) in [7, 11) is 0. The summed E-state index contributed by atoms with van der Waals surface area (Å²) in [6.45, 7) is 5.00. The lowest BCUT2D eigenvalue weighted by atomic mass is 10.0. The number of ether oxygens (including phenoxy) is 3. The van der Waals surface area contributed by atoms with Gasteiger partial charge >= 0.3 is 0 Å². The number of unbranched alkanes of at least 4 members (excludes halogenated alkanes) is 1. The van der Waals surface area contributed by atoms with E-state index in [2.05, 4.69) is 30.6 Å². The number of hydrogen-bond donors (Lipinski definition) is 1. The van der Waals surface area contributed by atoms with Crippen LogP contribution >= 0.6 is 0 Å². The number of benzene rings is 1. The van der Waals surface area contributed by atoms with E-state index in [0.717, 1.165) is 61.8 Å². The van der Waals surface area contributed by atoms with E-state index in [1.54, 1.807) is 0 Å². The van der Waals surface area contributed by atoms with Crippen molar-refractivity contribution in [1.82, 2.24) is 5.48 Å². The van der Waals surface area contributed by atoms with Gasteiger partial charge in [-0.25, -0.2) is 0 Å². The molecule has 1 aliphatic carbocycles. The van der Waals surface area contributed by atoms with Gasteiger partial charge in [-0.05, 0) is 49.5 Å². The molecule has 2 heterocycles. The van der Waals surface area contributed by atoms with E-state index in [4.69, 9.17) is 19.0 Å². The molecule has 0 amide bonds.